The van der Waals surface area contributed by atoms with Crippen molar-refractivity contribution in [2.75, 3.05) is 24.5 Å². The molecule has 1 aliphatic rings. The van der Waals surface area contributed by atoms with Gasteiger partial charge in [0.2, 0.25) is 5.91 Å². The fourth-order valence-electron chi connectivity index (χ4n) is 2.87. The molecule has 2 aromatic rings. The predicted molar refractivity (Wildman–Crippen MR) is 93.7 cm³/mol. The van der Waals surface area contributed by atoms with E-state index in [0.29, 0.717) is 18.8 Å². The van der Waals surface area contributed by atoms with E-state index in [-0.39, 0.29) is 30.3 Å². The quantitative estimate of drug-likeness (QED) is 0.933. The third kappa shape index (κ3) is 3.96. The Balaban J connectivity index is 1.61. The normalized spacial score (nSPS) is 15.8. The van der Waals surface area contributed by atoms with Gasteiger partial charge in [0.05, 0.1) is 6.04 Å². The minimum Gasteiger partial charge on any atom is -0.331 e. The average molecular weight is 341 g/mol. The van der Waals surface area contributed by atoms with E-state index >= 15 is 0 Å². The van der Waals surface area contributed by atoms with E-state index in [0.717, 1.165) is 5.56 Å². The molecule has 0 aromatic heterocycles. The molecule has 1 N–H and O–H groups in total. The average Bonchev–Trinajstić information content (AvgIpc) is 2.62. The maximum Gasteiger partial charge on any atom is 0.318 e. The lowest BCUT2D eigenvalue weighted by atomic mass is 10.1. The van der Waals surface area contributed by atoms with Crippen molar-refractivity contribution in [2.24, 2.45) is 0 Å². The molecule has 0 bridgehead atoms. The molecule has 1 aliphatic heterocycles. The third-order valence-corrected chi connectivity index (χ3v) is 4.27. The van der Waals surface area contributed by atoms with Crippen LogP contribution >= 0.6 is 0 Å². The summed E-state index contributed by atoms with van der Waals surface area (Å²) in [6.45, 7) is 2.62. The number of piperazine rings is 1. The van der Waals surface area contributed by atoms with Crippen molar-refractivity contribution >= 4 is 17.6 Å². The fraction of sp³-hybridized carbons (Fsp3) is 0.263. The highest BCUT2D eigenvalue weighted by Crippen LogP contribution is 2.19. The number of anilines is 1. The SMILES string of the molecule is CC(NC(=O)N1CCN(c2cccc(F)c2)C(=O)C1)c1ccccc1. The van der Waals surface area contributed by atoms with Gasteiger partial charge in [0.15, 0.2) is 0 Å². The van der Waals surface area contributed by atoms with E-state index in [1.54, 1.807) is 12.1 Å². The van der Waals surface area contributed by atoms with Crippen molar-refractivity contribution in [2.45, 2.75) is 13.0 Å². The largest absolute Gasteiger partial charge is 0.331 e. The van der Waals surface area contributed by atoms with Crippen LogP contribution in [-0.4, -0.2) is 36.5 Å². The van der Waals surface area contributed by atoms with Crippen LogP contribution in [0.5, 0.6) is 0 Å². The smallest absolute Gasteiger partial charge is 0.318 e. The van der Waals surface area contributed by atoms with Crippen molar-refractivity contribution < 1.29 is 14.0 Å². The van der Waals surface area contributed by atoms with Gasteiger partial charge in [-0.15, -0.1) is 0 Å². The van der Waals surface area contributed by atoms with Gasteiger partial charge in [0.1, 0.15) is 12.4 Å². The van der Waals surface area contributed by atoms with Crippen molar-refractivity contribution in [3.8, 4) is 0 Å². The molecule has 130 valence electrons. The lowest BCUT2D eigenvalue weighted by molar-refractivity contribution is -0.120. The molecular weight excluding hydrogens is 321 g/mol. The Morgan fingerprint density at radius 3 is 2.56 bits per heavy atom. The van der Waals surface area contributed by atoms with E-state index in [1.807, 2.05) is 37.3 Å². The molecule has 1 fully saturated rings. The van der Waals surface area contributed by atoms with E-state index in [9.17, 15) is 14.0 Å². The van der Waals surface area contributed by atoms with Gasteiger partial charge >= 0.3 is 6.03 Å². The van der Waals surface area contributed by atoms with E-state index in [2.05, 4.69) is 5.32 Å². The molecule has 1 heterocycles. The zero-order chi connectivity index (χ0) is 17.8. The van der Waals surface area contributed by atoms with Crippen molar-refractivity contribution in [3.05, 3.63) is 66.0 Å². The van der Waals surface area contributed by atoms with Crippen molar-refractivity contribution in [1.82, 2.24) is 10.2 Å². The van der Waals surface area contributed by atoms with Gasteiger partial charge in [-0.05, 0) is 30.7 Å². The zero-order valence-corrected chi connectivity index (χ0v) is 14.0. The standard InChI is InChI=1S/C19H20FN3O2/c1-14(15-6-3-2-4-7-15)21-19(25)22-10-11-23(18(24)13-22)17-9-5-8-16(20)12-17/h2-9,12,14H,10-11,13H2,1H3,(H,21,25). The van der Waals surface area contributed by atoms with Gasteiger partial charge in [-0.25, -0.2) is 9.18 Å². The van der Waals surface area contributed by atoms with Crippen LogP contribution in [0, 0.1) is 5.82 Å². The summed E-state index contributed by atoms with van der Waals surface area (Å²) in [6.07, 6.45) is 0. The second-order valence-electron chi connectivity index (χ2n) is 6.03. The molecule has 25 heavy (non-hydrogen) atoms. The van der Waals surface area contributed by atoms with Crippen LogP contribution < -0.4 is 10.2 Å². The van der Waals surface area contributed by atoms with Crippen molar-refractivity contribution in [3.63, 3.8) is 0 Å². The number of halogens is 1. The predicted octanol–water partition coefficient (Wildman–Crippen LogP) is 2.95. The number of carbonyl (C=O) groups is 2. The molecule has 0 radical (unpaired) electrons. The first-order valence-electron chi connectivity index (χ1n) is 8.21. The van der Waals surface area contributed by atoms with Crippen LogP contribution in [0.4, 0.5) is 14.9 Å². The molecule has 1 atom stereocenters. The number of benzene rings is 2. The number of carbonyl (C=O) groups excluding carboxylic acids is 2. The van der Waals surface area contributed by atoms with Gasteiger partial charge in [-0.1, -0.05) is 36.4 Å². The van der Waals surface area contributed by atoms with E-state index in [1.165, 1.54) is 21.9 Å². The number of urea groups is 1. The number of hydrogen-bond donors (Lipinski definition) is 1. The van der Waals surface area contributed by atoms with E-state index < -0.39 is 0 Å². The minimum atomic E-state index is -0.387. The Kier molecular flexibility index (Phi) is 4.97. The summed E-state index contributed by atoms with van der Waals surface area (Å²) in [4.78, 5) is 27.8. The second kappa shape index (κ2) is 7.34. The molecule has 3 amide bonds. The number of rotatable bonds is 3. The maximum absolute atomic E-state index is 13.3. The fourth-order valence-corrected chi connectivity index (χ4v) is 2.87. The molecule has 0 spiro atoms. The number of nitrogens with zero attached hydrogens (tertiary/aromatic N) is 2. The van der Waals surface area contributed by atoms with Gasteiger partial charge in [-0.3, -0.25) is 4.79 Å². The van der Waals surface area contributed by atoms with Crippen LogP contribution in [0.3, 0.4) is 0 Å². The highest BCUT2D eigenvalue weighted by atomic mass is 19.1. The Bertz CT molecular complexity index is 766. The van der Waals surface area contributed by atoms with Gasteiger partial charge in [0.25, 0.3) is 0 Å². The summed E-state index contributed by atoms with van der Waals surface area (Å²) in [5, 5.41) is 2.91. The summed E-state index contributed by atoms with van der Waals surface area (Å²) in [5.41, 5.74) is 1.52. The Morgan fingerprint density at radius 2 is 1.88 bits per heavy atom. The molecule has 5 nitrogen and oxygen atoms in total. The molecule has 1 saturated heterocycles. The van der Waals surface area contributed by atoms with Gasteiger partial charge in [0, 0.05) is 18.8 Å². The van der Waals surface area contributed by atoms with E-state index in [4.69, 9.17) is 0 Å². The number of hydrogen-bond acceptors (Lipinski definition) is 2. The molecule has 6 heteroatoms. The van der Waals surface area contributed by atoms with Crippen LogP contribution in [0.2, 0.25) is 0 Å². The lowest BCUT2D eigenvalue weighted by Crippen LogP contribution is -2.55. The third-order valence-electron chi connectivity index (χ3n) is 4.27. The Labute approximate surface area is 146 Å². The minimum absolute atomic E-state index is 0.0240. The van der Waals surface area contributed by atoms with Crippen LogP contribution in [0.15, 0.2) is 54.6 Å². The Morgan fingerprint density at radius 1 is 1.12 bits per heavy atom. The first-order chi connectivity index (χ1) is 12.0. The molecule has 2 aromatic carbocycles. The summed E-state index contributed by atoms with van der Waals surface area (Å²) in [7, 11) is 0. The molecule has 0 saturated carbocycles. The second-order valence-corrected chi connectivity index (χ2v) is 6.03. The summed E-state index contributed by atoms with van der Waals surface area (Å²) < 4.78 is 13.3. The number of amides is 3. The lowest BCUT2D eigenvalue weighted by Gasteiger charge is -2.35. The zero-order valence-electron chi connectivity index (χ0n) is 14.0. The van der Waals surface area contributed by atoms with Crippen LogP contribution in [-0.2, 0) is 4.79 Å². The highest BCUT2D eigenvalue weighted by molar-refractivity contribution is 5.97. The summed E-state index contributed by atoms with van der Waals surface area (Å²) in [5.74, 6) is -0.610. The number of nitrogens with one attached hydrogen (secondary N) is 1. The van der Waals surface area contributed by atoms with Crippen LogP contribution in [0.1, 0.15) is 18.5 Å². The monoisotopic (exact) mass is 341 g/mol. The highest BCUT2D eigenvalue weighted by Gasteiger charge is 2.28. The first-order valence-corrected chi connectivity index (χ1v) is 8.21. The maximum atomic E-state index is 13.3. The molecule has 3 rings (SSSR count). The van der Waals surface area contributed by atoms with Gasteiger partial charge in [-0.2, -0.15) is 0 Å². The Hall–Kier alpha value is -2.89. The van der Waals surface area contributed by atoms with Gasteiger partial charge < -0.3 is 15.1 Å². The van der Waals surface area contributed by atoms with Crippen LogP contribution in [0.25, 0.3) is 0 Å². The topological polar surface area (TPSA) is 52.7 Å². The summed E-state index contributed by atoms with van der Waals surface area (Å²) in [6, 6.07) is 15.1. The molecule has 1 unspecified atom stereocenters. The molecule has 0 aliphatic carbocycles. The first kappa shape index (κ1) is 17.0. The van der Waals surface area contributed by atoms with Crippen molar-refractivity contribution in [1.29, 1.82) is 0 Å². The summed E-state index contributed by atoms with van der Waals surface area (Å²) >= 11 is 0. The molecular formula is C19H20FN3O2.